The Morgan fingerprint density at radius 2 is 1.78 bits per heavy atom. The quantitative estimate of drug-likeness (QED) is 0.382. The molecule has 4 aromatic rings. The number of aromatic nitrogens is 4. The minimum atomic E-state index is -3.63. The number of anilines is 1. The summed E-state index contributed by atoms with van der Waals surface area (Å²) in [6.07, 6.45) is 1.72. The first-order valence-corrected chi connectivity index (χ1v) is 11.7. The van der Waals surface area contributed by atoms with Gasteiger partial charge in [-0.25, -0.2) is 14.4 Å². The number of hydrogen-bond acceptors (Lipinski definition) is 7. The van der Waals surface area contributed by atoms with Gasteiger partial charge in [-0.3, -0.25) is 9.66 Å². The van der Waals surface area contributed by atoms with Crippen molar-refractivity contribution in [2.24, 2.45) is 0 Å². The van der Waals surface area contributed by atoms with Crippen LogP contribution in [0.1, 0.15) is 25.0 Å². The molecule has 4 rings (SSSR count). The second-order valence-electron chi connectivity index (χ2n) is 6.98. The molecule has 2 heterocycles. The largest absolute Gasteiger partial charge is 0.383 e. The number of hydrogen-bond donors (Lipinski definition) is 2. The summed E-state index contributed by atoms with van der Waals surface area (Å²) in [5.74, 6) is -0.0389. The van der Waals surface area contributed by atoms with Crippen molar-refractivity contribution in [3.8, 4) is 11.5 Å². The average molecular weight is 455 g/mol. The molecule has 3 N–H and O–H groups in total. The zero-order valence-corrected chi connectivity index (χ0v) is 18.6. The maximum atomic E-state index is 14.2. The van der Waals surface area contributed by atoms with Gasteiger partial charge in [0.15, 0.2) is 5.82 Å². The summed E-state index contributed by atoms with van der Waals surface area (Å²) in [7, 11) is -3.63. The Balaban J connectivity index is 1.78. The van der Waals surface area contributed by atoms with Crippen molar-refractivity contribution in [1.29, 1.82) is 0 Å². The van der Waals surface area contributed by atoms with Crippen LogP contribution >= 0.6 is 7.60 Å². The van der Waals surface area contributed by atoms with Crippen LogP contribution in [0.25, 0.3) is 22.4 Å². The number of H-pyrrole nitrogens is 1. The van der Waals surface area contributed by atoms with Gasteiger partial charge in [-0.2, -0.15) is 5.10 Å². The molecule has 2 aromatic carbocycles. The molecule has 0 bridgehead atoms. The fourth-order valence-electron chi connectivity index (χ4n) is 3.53. The molecule has 0 atom stereocenters. The van der Waals surface area contributed by atoms with E-state index < -0.39 is 7.60 Å². The number of nitrogens with two attached hydrogens (primary N) is 1. The fraction of sp³-hybridized carbons (Fsp3) is 0.227. The summed E-state index contributed by atoms with van der Waals surface area (Å²) in [6.45, 7) is 3.79. The third kappa shape index (κ3) is 4.14. The van der Waals surface area contributed by atoms with Crippen LogP contribution in [0, 0.1) is 5.82 Å². The lowest BCUT2D eigenvalue weighted by molar-refractivity contribution is 0.230. The normalized spacial score (nSPS) is 11.8. The van der Waals surface area contributed by atoms with Gasteiger partial charge in [0, 0.05) is 18.0 Å². The van der Waals surface area contributed by atoms with E-state index in [-0.39, 0.29) is 36.0 Å². The number of aromatic amines is 1. The molecule has 2 aromatic heterocycles. The van der Waals surface area contributed by atoms with Crippen molar-refractivity contribution < 1.29 is 18.0 Å². The number of halogens is 1. The first kappa shape index (κ1) is 22.1. The topological polar surface area (TPSA) is 116 Å². The van der Waals surface area contributed by atoms with E-state index in [9.17, 15) is 8.96 Å². The highest BCUT2D eigenvalue weighted by Crippen LogP contribution is 2.48. The molecule has 0 unspecified atom stereocenters. The van der Waals surface area contributed by atoms with E-state index in [0.717, 1.165) is 16.5 Å². The minimum absolute atomic E-state index is 0.0111. The number of nitrogen functional groups attached to an aromatic ring is 1. The molecule has 0 amide bonds. The van der Waals surface area contributed by atoms with Crippen molar-refractivity contribution in [3.63, 3.8) is 0 Å². The van der Waals surface area contributed by atoms with Crippen molar-refractivity contribution in [2.45, 2.75) is 20.3 Å². The van der Waals surface area contributed by atoms with Gasteiger partial charge in [0.05, 0.1) is 18.7 Å². The smallest absolute Gasteiger partial charge is 0.366 e. The van der Waals surface area contributed by atoms with E-state index in [1.165, 1.54) is 12.3 Å². The summed E-state index contributed by atoms with van der Waals surface area (Å²) < 4.78 is 38.0. The van der Waals surface area contributed by atoms with Gasteiger partial charge in [-0.15, -0.1) is 0 Å². The van der Waals surface area contributed by atoms with Crippen LogP contribution < -0.4 is 11.0 Å². The fourth-order valence-corrected chi connectivity index (χ4v) is 5.09. The lowest BCUT2D eigenvalue weighted by Crippen LogP contribution is -2.18. The number of nitrogens with one attached hydrogen (secondary N) is 1. The summed E-state index contributed by atoms with van der Waals surface area (Å²) in [6, 6.07) is 12.3. The first-order valence-electron chi connectivity index (χ1n) is 10.2. The van der Waals surface area contributed by atoms with Gasteiger partial charge in [-0.05, 0) is 37.1 Å². The van der Waals surface area contributed by atoms with Crippen molar-refractivity contribution in [3.05, 3.63) is 65.6 Å². The SMILES string of the molecule is CCOP(=O)(OCC)c1cnc(-c2n[nH]c3cccc(Cc4ccccc4F)c23)nc1N. The van der Waals surface area contributed by atoms with E-state index in [4.69, 9.17) is 14.8 Å². The van der Waals surface area contributed by atoms with Crippen molar-refractivity contribution >= 4 is 29.6 Å². The molecule has 32 heavy (non-hydrogen) atoms. The molecule has 0 aliphatic heterocycles. The average Bonchev–Trinajstić information content (AvgIpc) is 3.21. The lowest BCUT2D eigenvalue weighted by Gasteiger charge is -2.18. The van der Waals surface area contributed by atoms with Crippen LogP contribution in [0.2, 0.25) is 0 Å². The molecule has 10 heteroatoms. The highest BCUT2D eigenvalue weighted by atomic mass is 31.2. The van der Waals surface area contributed by atoms with Gasteiger partial charge in [-0.1, -0.05) is 30.3 Å². The second kappa shape index (κ2) is 9.16. The maximum Gasteiger partial charge on any atom is 0.366 e. The van der Waals surface area contributed by atoms with E-state index in [0.29, 0.717) is 17.7 Å². The number of nitrogens with zero attached hydrogens (tertiary/aromatic N) is 3. The Morgan fingerprint density at radius 1 is 1.06 bits per heavy atom. The molecular formula is C22H23FN5O3P. The molecule has 0 spiro atoms. The summed E-state index contributed by atoms with van der Waals surface area (Å²) in [5.41, 5.74) is 8.78. The third-order valence-corrected chi connectivity index (χ3v) is 7.05. The monoisotopic (exact) mass is 455 g/mol. The first-order chi connectivity index (χ1) is 15.5. The van der Waals surface area contributed by atoms with Gasteiger partial charge in [0.25, 0.3) is 0 Å². The lowest BCUT2D eigenvalue weighted by atomic mass is 9.99. The zero-order chi connectivity index (χ0) is 22.7. The highest BCUT2D eigenvalue weighted by molar-refractivity contribution is 7.62. The molecule has 166 valence electrons. The van der Waals surface area contributed by atoms with Crippen LogP contribution in [-0.2, 0) is 20.0 Å². The molecule has 0 fully saturated rings. The van der Waals surface area contributed by atoms with E-state index in [2.05, 4.69) is 20.2 Å². The zero-order valence-electron chi connectivity index (χ0n) is 17.7. The molecule has 0 saturated heterocycles. The number of fused-ring (bicyclic) bond motifs is 1. The predicted octanol–water partition coefficient (Wildman–Crippen LogP) is 4.22. The predicted molar refractivity (Wildman–Crippen MR) is 121 cm³/mol. The molecule has 0 saturated carbocycles. The van der Waals surface area contributed by atoms with Gasteiger partial charge < -0.3 is 14.8 Å². The Kier molecular flexibility index (Phi) is 6.32. The third-order valence-electron chi connectivity index (χ3n) is 4.92. The van der Waals surface area contributed by atoms with Gasteiger partial charge in [0.1, 0.15) is 22.6 Å². The van der Waals surface area contributed by atoms with Crippen LogP contribution in [0.5, 0.6) is 0 Å². The van der Waals surface area contributed by atoms with E-state index in [1.54, 1.807) is 32.0 Å². The summed E-state index contributed by atoms with van der Waals surface area (Å²) in [4.78, 5) is 8.69. The van der Waals surface area contributed by atoms with Crippen LogP contribution in [0.3, 0.4) is 0 Å². The van der Waals surface area contributed by atoms with Gasteiger partial charge >= 0.3 is 7.60 Å². The Hall–Kier alpha value is -3.13. The number of benzene rings is 2. The molecular weight excluding hydrogens is 432 g/mol. The van der Waals surface area contributed by atoms with Crippen LogP contribution in [-0.4, -0.2) is 33.4 Å². The van der Waals surface area contributed by atoms with Crippen LogP contribution in [0.4, 0.5) is 10.2 Å². The molecule has 0 aliphatic carbocycles. The van der Waals surface area contributed by atoms with Gasteiger partial charge in [0.2, 0.25) is 0 Å². The van der Waals surface area contributed by atoms with E-state index in [1.807, 2.05) is 18.2 Å². The van der Waals surface area contributed by atoms with Crippen molar-refractivity contribution in [2.75, 3.05) is 18.9 Å². The Labute approximate surface area is 184 Å². The minimum Gasteiger partial charge on any atom is -0.383 e. The molecule has 8 nitrogen and oxygen atoms in total. The second-order valence-corrected chi connectivity index (χ2v) is 8.97. The molecule has 0 aliphatic rings. The standard InChI is InChI=1S/C22H23FN5O3P/c1-3-30-32(29,31-4-2)18-13-25-22(26-21(18)24)20-19-15(9-7-11-17(19)27-28-20)12-14-8-5-6-10-16(14)23/h5-11,13H,3-4,12H2,1-2H3,(H,27,28)(H2,24,25,26). The van der Waals surface area contributed by atoms with Crippen molar-refractivity contribution in [1.82, 2.24) is 20.2 Å². The summed E-state index contributed by atoms with van der Waals surface area (Å²) in [5, 5.41) is 8.20. The molecule has 0 radical (unpaired) electrons. The maximum absolute atomic E-state index is 14.2. The summed E-state index contributed by atoms with van der Waals surface area (Å²) >= 11 is 0. The Bertz CT molecular complexity index is 1300. The highest BCUT2D eigenvalue weighted by Gasteiger charge is 2.31. The number of rotatable bonds is 8. The Morgan fingerprint density at radius 3 is 2.47 bits per heavy atom. The van der Waals surface area contributed by atoms with E-state index >= 15 is 0 Å². The van der Waals surface area contributed by atoms with Crippen LogP contribution in [0.15, 0.2) is 48.7 Å².